The molecule has 0 fully saturated rings. The molecular formula is C16H31N3O. The van der Waals surface area contributed by atoms with Crippen molar-refractivity contribution < 1.29 is 4.74 Å². The molecule has 1 heterocycles. The molecule has 0 bridgehead atoms. The quantitative estimate of drug-likeness (QED) is 0.755. The van der Waals surface area contributed by atoms with E-state index >= 15 is 0 Å². The summed E-state index contributed by atoms with van der Waals surface area (Å²) < 4.78 is 7.93. The summed E-state index contributed by atoms with van der Waals surface area (Å²) >= 11 is 0. The fourth-order valence-electron chi connectivity index (χ4n) is 2.34. The van der Waals surface area contributed by atoms with Crippen LogP contribution in [0.1, 0.15) is 59.7 Å². The summed E-state index contributed by atoms with van der Waals surface area (Å²) in [4.78, 5) is 0. The highest BCUT2D eigenvalue weighted by Gasteiger charge is 2.30. The molecule has 1 unspecified atom stereocenters. The second kappa shape index (κ2) is 7.79. The molecule has 0 aliphatic heterocycles. The van der Waals surface area contributed by atoms with Gasteiger partial charge in [-0.1, -0.05) is 6.92 Å². The average molecular weight is 281 g/mol. The van der Waals surface area contributed by atoms with Crippen LogP contribution in [-0.4, -0.2) is 34.6 Å². The lowest BCUT2D eigenvalue weighted by atomic mass is 9.94. The summed E-state index contributed by atoms with van der Waals surface area (Å²) in [5.41, 5.74) is 0.936. The first kappa shape index (κ1) is 17.2. The zero-order valence-corrected chi connectivity index (χ0v) is 13.9. The number of rotatable bonds is 9. The predicted octanol–water partition coefficient (Wildman–Crippen LogP) is 3.19. The monoisotopic (exact) mass is 281 g/mol. The molecule has 4 heteroatoms. The molecule has 0 saturated carbocycles. The van der Waals surface area contributed by atoms with E-state index in [1.54, 1.807) is 0 Å². The maximum atomic E-state index is 5.92. The van der Waals surface area contributed by atoms with Gasteiger partial charge >= 0.3 is 0 Å². The Morgan fingerprint density at radius 3 is 2.55 bits per heavy atom. The van der Waals surface area contributed by atoms with Gasteiger partial charge in [0.15, 0.2) is 0 Å². The van der Waals surface area contributed by atoms with Crippen LogP contribution in [0.4, 0.5) is 0 Å². The predicted molar refractivity (Wildman–Crippen MR) is 84.1 cm³/mol. The molecule has 0 radical (unpaired) electrons. The fraction of sp³-hybridized carbons (Fsp3) is 0.812. The molecule has 4 nitrogen and oxygen atoms in total. The van der Waals surface area contributed by atoms with Crippen molar-refractivity contribution in [1.82, 2.24) is 15.1 Å². The van der Waals surface area contributed by atoms with Gasteiger partial charge in [0.25, 0.3) is 0 Å². The molecule has 0 aliphatic carbocycles. The molecule has 0 aliphatic rings. The Bertz CT molecular complexity index is 385. The van der Waals surface area contributed by atoms with Crippen molar-refractivity contribution in [1.29, 1.82) is 0 Å². The lowest BCUT2D eigenvalue weighted by Gasteiger charge is -2.34. The van der Waals surface area contributed by atoms with E-state index in [-0.39, 0.29) is 11.6 Å². The summed E-state index contributed by atoms with van der Waals surface area (Å²) in [6.07, 6.45) is 4.08. The molecule has 1 atom stereocenters. The third-order valence-corrected chi connectivity index (χ3v) is 3.60. The van der Waals surface area contributed by atoms with Crippen LogP contribution in [0.15, 0.2) is 12.3 Å². The van der Waals surface area contributed by atoms with Crippen molar-refractivity contribution in [3.8, 4) is 0 Å². The van der Waals surface area contributed by atoms with Crippen LogP contribution in [0.5, 0.6) is 0 Å². The van der Waals surface area contributed by atoms with E-state index in [4.69, 9.17) is 4.74 Å². The summed E-state index contributed by atoms with van der Waals surface area (Å²) in [5, 5.41) is 8.26. The number of aromatic nitrogens is 2. The minimum atomic E-state index is -0.189. The second-order valence-electron chi connectivity index (χ2n) is 6.13. The van der Waals surface area contributed by atoms with E-state index < -0.39 is 0 Å². The third kappa shape index (κ3) is 4.91. The lowest BCUT2D eigenvalue weighted by molar-refractivity contribution is -0.0382. The first-order chi connectivity index (χ1) is 9.40. The van der Waals surface area contributed by atoms with Gasteiger partial charge in [0.1, 0.15) is 0 Å². The molecule has 0 saturated heterocycles. The number of nitrogens with zero attached hydrogens (tertiary/aromatic N) is 2. The highest BCUT2D eigenvalue weighted by atomic mass is 16.5. The zero-order chi connectivity index (χ0) is 15.2. The summed E-state index contributed by atoms with van der Waals surface area (Å²) in [7, 11) is 0. The molecule has 0 aromatic carbocycles. The van der Waals surface area contributed by atoms with Crippen LogP contribution < -0.4 is 5.32 Å². The molecule has 116 valence electrons. The van der Waals surface area contributed by atoms with Crippen molar-refractivity contribution in [3.63, 3.8) is 0 Å². The van der Waals surface area contributed by atoms with Gasteiger partial charge in [0.05, 0.1) is 11.3 Å². The summed E-state index contributed by atoms with van der Waals surface area (Å²) in [6.45, 7) is 14.6. The minimum Gasteiger partial charge on any atom is -0.374 e. The Balaban J connectivity index is 2.77. The molecular weight excluding hydrogens is 250 g/mol. The van der Waals surface area contributed by atoms with Crippen LogP contribution >= 0.6 is 0 Å². The van der Waals surface area contributed by atoms with E-state index in [1.807, 2.05) is 11.6 Å². The van der Waals surface area contributed by atoms with Crippen molar-refractivity contribution >= 4 is 0 Å². The summed E-state index contributed by atoms with van der Waals surface area (Å²) in [5.74, 6) is 0. The molecule has 1 rings (SSSR count). The second-order valence-corrected chi connectivity index (χ2v) is 6.13. The van der Waals surface area contributed by atoms with E-state index in [9.17, 15) is 0 Å². The van der Waals surface area contributed by atoms with E-state index in [1.165, 1.54) is 0 Å². The lowest BCUT2D eigenvalue weighted by Crippen LogP contribution is -2.50. The van der Waals surface area contributed by atoms with Crippen LogP contribution in [0, 0.1) is 0 Å². The third-order valence-electron chi connectivity index (χ3n) is 3.60. The fourth-order valence-corrected chi connectivity index (χ4v) is 2.34. The van der Waals surface area contributed by atoms with Gasteiger partial charge in [-0.05, 0) is 53.7 Å². The first-order valence-electron chi connectivity index (χ1n) is 7.82. The summed E-state index contributed by atoms with van der Waals surface area (Å²) in [6, 6.07) is 2.80. The van der Waals surface area contributed by atoms with E-state index in [0.29, 0.717) is 6.04 Å². The van der Waals surface area contributed by atoms with Gasteiger partial charge in [-0.2, -0.15) is 5.10 Å². The van der Waals surface area contributed by atoms with Gasteiger partial charge in [-0.15, -0.1) is 0 Å². The number of hydrogen-bond acceptors (Lipinski definition) is 3. The van der Waals surface area contributed by atoms with Crippen molar-refractivity contribution in [2.45, 2.75) is 72.1 Å². The molecule has 1 N–H and O–H groups in total. The van der Waals surface area contributed by atoms with Crippen LogP contribution in [-0.2, 0) is 11.2 Å². The van der Waals surface area contributed by atoms with Gasteiger partial charge in [-0.25, -0.2) is 0 Å². The standard InChI is InChI=1S/C16H31N3O/c1-7-10-17-15(16(5,6)20-8-2)12-14-9-11-19(18-14)13(3)4/h9,11,13,15,17H,7-8,10,12H2,1-6H3. The Morgan fingerprint density at radius 2 is 2.05 bits per heavy atom. The van der Waals surface area contributed by atoms with Gasteiger partial charge in [-0.3, -0.25) is 4.68 Å². The van der Waals surface area contributed by atoms with Gasteiger partial charge in [0, 0.05) is 31.3 Å². The smallest absolute Gasteiger partial charge is 0.0782 e. The van der Waals surface area contributed by atoms with Crippen LogP contribution in [0.25, 0.3) is 0 Å². The highest BCUT2D eigenvalue weighted by molar-refractivity contribution is 5.05. The minimum absolute atomic E-state index is 0.189. The largest absolute Gasteiger partial charge is 0.374 e. The Morgan fingerprint density at radius 1 is 1.35 bits per heavy atom. The van der Waals surface area contributed by atoms with Crippen LogP contribution in [0.2, 0.25) is 0 Å². The normalized spacial score (nSPS) is 13.9. The Hall–Kier alpha value is -0.870. The van der Waals surface area contributed by atoms with Crippen LogP contribution in [0.3, 0.4) is 0 Å². The maximum absolute atomic E-state index is 5.92. The van der Waals surface area contributed by atoms with E-state index in [2.05, 4.69) is 57.3 Å². The van der Waals surface area contributed by atoms with Gasteiger partial charge < -0.3 is 10.1 Å². The Kier molecular flexibility index (Phi) is 6.69. The number of hydrogen-bond donors (Lipinski definition) is 1. The van der Waals surface area contributed by atoms with Crippen molar-refractivity contribution in [2.75, 3.05) is 13.2 Å². The zero-order valence-electron chi connectivity index (χ0n) is 13.9. The molecule has 1 aromatic rings. The molecule has 1 aromatic heterocycles. The van der Waals surface area contributed by atoms with E-state index in [0.717, 1.165) is 31.7 Å². The van der Waals surface area contributed by atoms with Crippen molar-refractivity contribution in [3.05, 3.63) is 18.0 Å². The number of nitrogens with one attached hydrogen (secondary N) is 1. The Labute approximate surface area is 123 Å². The highest BCUT2D eigenvalue weighted by Crippen LogP contribution is 2.19. The first-order valence-corrected chi connectivity index (χ1v) is 7.82. The topological polar surface area (TPSA) is 39.1 Å². The maximum Gasteiger partial charge on any atom is 0.0782 e. The average Bonchev–Trinajstić information content (AvgIpc) is 2.82. The SMILES string of the molecule is CCCNC(Cc1ccn(C(C)C)n1)C(C)(C)OCC. The van der Waals surface area contributed by atoms with Gasteiger partial charge in [0.2, 0.25) is 0 Å². The molecule has 20 heavy (non-hydrogen) atoms. The molecule has 0 spiro atoms. The van der Waals surface area contributed by atoms with Crippen molar-refractivity contribution in [2.24, 2.45) is 0 Å². The molecule has 0 amide bonds. The number of ether oxygens (including phenoxy) is 1.